The molecule has 0 aliphatic carbocycles. The molecule has 0 radical (unpaired) electrons. The van der Waals surface area contributed by atoms with Gasteiger partial charge in [-0.15, -0.1) is 6.58 Å². The van der Waals surface area contributed by atoms with E-state index in [9.17, 15) is 4.79 Å². The van der Waals surface area contributed by atoms with Gasteiger partial charge in [-0.25, -0.2) is 0 Å². The second-order valence-electron chi connectivity index (χ2n) is 2.95. The first kappa shape index (κ1) is 12.7. The fraction of sp³-hybridized carbons (Fsp3) is 0.700. The maximum absolute atomic E-state index is 11.7. The summed E-state index contributed by atoms with van der Waals surface area (Å²) in [6, 6.07) is 0. The molecule has 0 spiro atoms. The average Bonchev–Trinajstić information content (AvgIpc) is 2.15. The summed E-state index contributed by atoms with van der Waals surface area (Å²) in [5.41, 5.74) is 0. The van der Waals surface area contributed by atoms with Crippen molar-refractivity contribution in [3.63, 3.8) is 0 Å². The van der Waals surface area contributed by atoms with Crippen LogP contribution in [0.3, 0.4) is 0 Å². The highest BCUT2D eigenvalue weighted by atomic mass is 79.9. The van der Waals surface area contributed by atoms with Gasteiger partial charge in [-0.05, 0) is 12.8 Å². The minimum absolute atomic E-state index is 0.0426. The van der Waals surface area contributed by atoms with Gasteiger partial charge in [0.2, 0.25) is 5.91 Å². The normalized spacial score (nSPS) is 12.2. The minimum atomic E-state index is -0.0426. The van der Waals surface area contributed by atoms with Crippen molar-refractivity contribution in [1.29, 1.82) is 0 Å². The summed E-state index contributed by atoms with van der Waals surface area (Å²) in [5.74, 6) is 0.171. The summed E-state index contributed by atoms with van der Waals surface area (Å²) in [4.78, 5) is 13.5. The zero-order valence-corrected chi connectivity index (χ0v) is 10.0. The summed E-state index contributed by atoms with van der Waals surface area (Å²) in [6.07, 6.45) is 3.59. The predicted molar refractivity (Wildman–Crippen MR) is 60.1 cm³/mol. The summed E-state index contributed by atoms with van der Waals surface area (Å²) >= 11 is 3.36. The first-order chi connectivity index (χ1) is 6.17. The second kappa shape index (κ2) is 7.13. The first-order valence-electron chi connectivity index (χ1n) is 4.71. The van der Waals surface area contributed by atoms with E-state index in [4.69, 9.17) is 0 Å². The summed E-state index contributed by atoms with van der Waals surface area (Å²) in [5, 5.41) is 0. The Balaban J connectivity index is 4.17. The van der Waals surface area contributed by atoms with Crippen LogP contribution in [0.5, 0.6) is 0 Å². The first-order valence-corrected chi connectivity index (χ1v) is 5.62. The highest BCUT2D eigenvalue weighted by Crippen LogP contribution is 2.09. The van der Waals surface area contributed by atoms with Gasteiger partial charge in [0.05, 0.1) is 4.83 Å². The number of carbonyl (C=O) groups is 1. The maximum atomic E-state index is 11.7. The number of rotatable bonds is 6. The third-order valence-electron chi connectivity index (χ3n) is 1.78. The van der Waals surface area contributed by atoms with E-state index in [1.807, 2.05) is 11.8 Å². The van der Waals surface area contributed by atoms with Crippen LogP contribution in [-0.2, 0) is 4.79 Å². The summed E-state index contributed by atoms with van der Waals surface area (Å²) in [7, 11) is 0. The SMILES string of the molecule is C=CCN(CCC)C(=O)C(Br)CC. The predicted octanol–water partition coefficient (Wildman–Crippen LogP) is 2.58. The Bertz CT molecular complexity index is 170. The molecule has 0 rings (SSSR count). The third kappa shape index (κ3) is 4.46. The summed E-state index contributed by atoms with van der Waals surface area (Å²) < 4.78 is 0. The van der Waals surface area contributed by atoms with Crippen LogP contribution < -0.4 is 0 Å². The molecule has 0 aliphatic heterocycles. The fourth-order valence-electron chi connectivity index (χ4n) is 1.09. The monoisotopic (exact) mass is 247 g/mol. The summed E-state index contributed by atoms with van der Waals surface area (Å²) in [6.45, 7) is 9.16. The molecule has 0 heterocycles. The number of carbonyl (C=O) groups excluding carboxylic acids is 1. The molecule has 0 saturated carbocycles. The molecule has 1 atom stereocenters. The van der Waals surface area contributed by atoms with Crippen molar-refractivity contribution in [3.05, 3.63) is 12.7 Å². The topological polar surface area (TPSA) is 20.3 Å². The maximum Gasteiger partial charge on any atom is 0.236 e. The van der Waals surface area contributed by atoms with E-state index in [1.165, 1.54) is 0 Å². The van der Waals surface area contributed by atoms with Crippen molar-refractivity contribution in [2.24, 2.45) is 0 Å². The van der Waals surface area contributed by atoms with Crippen molar-refractivity contribution in [1.82, 2.24) is 4.90 Å². The van der Waals surface area contributed by atoms with E-state index in [0.717, 1.165) is 19.4 Å². The van der Waals surface area contributed by atoms with Crippen LogP contribution >= 0.6 is 15.9 Å². The lowest BCUT2D eigenvalue weighted by Gasteiger charge is -2.22. The molecular formula is C10H18BrNO. The van der Waals surface area contributed by atoms with Crippen molar-refractivity contribution in [2.75, 3.05) is 13.1 Å². The van der Waals surface area contributed by atoms with Crippen molar-refractivity contribution in [2.45, 2.75) is 31.5 Å². The quantitative estimate of drug-likeness (QED) is 0.522. The van der Waals surface area contributed by atoms with E-state index >= 15 is 0 Å². The van der Waals surface area contributed by atoms with Gasteiger partial charge < -0.3 is 4.90 Å². The number of nitrogens with zero attached hydrogens (tertiary/aromatic N) is 1. The number of halogens is 1. The molecule has 0 aromatic carbocycles. The van der Waals surface area contributed by atoms with Gasteiger partial charge in [0, 0.05) is 13.1 Å². The fourth-order valence-corrected chi connectivity index (χ4v) is 1.38. The Labute approximate surface area is 89.1 Å². The van der Waals surface area contributed by atoms with Crippen LogP contribution in [0.25, 0.3) is 0 Å². The smallest absolute Gasteiger partial charge is 0.236 e. The molecule has 0 aliphatic rings. The van der Waals surface area contributed by atoms with Crippen LogP contribution in [0.1, 0.15) is 26.7 Å². The van der Waals surface area contributed by atoms with Crippen molar-refractivity contribution < 1.29 is 4.79 Å². The molecule has 1 unspecified atom stereocenters. The van der Waals surface area contributed by atoms with Crippen molar-refractivity contribution >= 4 is 21.8 Å². The number of alkyl halides is 1. The number of hydrogen-bond donors (Lipinski definition) is 0. The molecule has 76 valence electrons. The Morgan fingerprint density at radius 3 is 2.62 bits per heavy atom. The molecule has 0 N–H and O–H groups in total. The Morgan fingerprint density at radius 1 is 1.62 bits per heavy atom. The van der Waals surface area contributed by atoms with Gasteiger partial charge in [0.15, 0.2) is 0 Å². The Hall–Kier alpha value is -0.310. The second-order valence-corrected chi connectivity index (χ2v) is 4.05. The lowest BCUT2D eigenvalue weighted by molar-refractivity contribution is -0.130. The van der Waals surface area contributed by atoms with Crippen LogP contribution in [0.2, 0.25) is 0 Å². The van der Waals surface area contributed by atoms with E-state index in [2.05, 4.69) is 29.4 Å². The van der Waals surface area contributed by atoms with Gasteiger partial charge in [0.25, 0.3) is 0 Å². The largest absolute Gasteiger partial charge is 0.338 e. The van der Waals surface area contributed by atoms with Crippen LogP contribution in [0.4, 0.5) is 0 Å². The average molecular weight is 248 g/mol. The third-order valence-corrected chi connectivity index (χ3v) is 2.82. The van der Waals surface area contributed by atoms with E-state index in [0.29, 0.717) is 6.54 Å². The number of amides is 1. The van der Waals surface area contributed by atoms with Gasteiger partial charge in [0.1, 0.15) is 0 Å². The van der Waals surface area contributed by atoms with Gasteiger partial charge in [-0.2, -0.15) is 0 Å². The molecule has 0 aromatic rings. The van der Waals surface area contributed by atoms with E-state index < -0.39 is 0 Å². The van der Waals surface area contributed by atoms with Crippen LogP contribution in [0.15, 0.2) is 12.7 Å². The van der Waals surface area contributed by atoms with Crippen LogP contribution in [0, 0.1) is 0 Å². The van der Waals surface area contributed by atoms with E-state index in [1.54, 1.807) is 6.08 Å². The molecule has 1 amide bonds. The van der Waals surface area contributed by atoms with Gasteiger partial charge in [-0.3, -0.25) is 4.79 Å². The zero-order valence-electron chi connectivity index (χ0n) is 8.42. The van der Waals surface area contributed by atoms with Crippen LogP contribution in [-0.4, -0.2) is 28.7 Å². The van der Waals surface area contributed by atoms with E-state index in [-0.39, 0.29) is 10.7 Å². The highest BCUT2D eigenvalue weighted by Gasteiger charge is 2.18. The Morgan fingerprint density at radius 2 is 2.23 bits per heavy atom. The highest BCUT2D eigenvalue weighted by molar-refractivity contribution is 9.10. The molecule has 3 heteroatoms. The minimum Gasteiger partial charge on any atom is -0.338 e. The molecule has 0 aromatic heterocycles. The molecular weight excluding hydrogens is 230 g/mol. The zero-order chi connectivity index (χ0) is 10.3. The molecule has 0 fully saturated rings. The van der Waals surface area contributed by atoms with Gasteiger partial charge in [-0.1, -0.05) is 35.9 Å². The lowest BCUT2D eigenvalue weighted by atomic mass is 10.3. The molecule has 13 heavy (non-hydrogen) atoms. The molecule has 0 bridgehead atoms. The Kier molecular flexibility index (Phi) is 6.96. The van der Waals surface area contributed by atoms with Crippen molar-refractivity contribution in [3.8, 4) is 0 Å². The number of hydrogen-bond acceptors (Lipinski definition) is 1. The van der Waals surface area contributed by atoms with Gasteiger partial charge >= 0.3 is 0 Å². The standard InChI is InChI=1S/C10H18BrNO/c1-4-7-12(8-5-2)10(13)9(11)6-3/h4,9H,1,5-8H2,2-3H3. The lowest BCUT2D eigenvalue weighted by Crippen LogP contribution is -2.37. The molecule has 2 nitrogen and oxygen atoms in total. The molecule has 0 saturated heterocycles.